The van der Waals surface area contributed by atoms with Crippen LogP contribution in [-0.4, -0.2) is 58.6 Å². The largest absolute Gasteiger partial charge is 0.435 e. The van der Waals surface area contributed by atoms with Crippen LogP contribution in [0.4, 0.5) is 8.78 Å². The number of ether oxygens (including phenoxy) is 1. The minimum Gasteiger partial charge on any atom is -0.435 e. The molecule has 26 heavy (non-hydrogen) atoms. The molecule has 0 aliphatic carbocycles. The summed E-state index contributed by atoms with van der Waals surface area (Å²) in [5.74, 6) is -0.0880. The maximum absolute atomic E-state index is 12.7. The minimum atomic E-state index is -2.87. The van der Waals surface area contributed by atoms with Crippen LogP contribution in [-0.2, 0) is 0 Å². The maximum Gasteiger partial charge on any atom is 0.387 e. The number of carbonyl (C=O) groups is 1. The summed E-state index contributed by atoms with van der Waals surface area (Å²) in [4.78, 5) is 14.4. The van der Waals surface area contributed by atoms with Gasteiger partial charge in [-0.15, -0.1) is 17.5 Å². The van der Waals surface area contributed by atoms with E-state index in [0.29, 0.717) is 30.2 Å². The van der Waals surface area contributed by atoms with Gasteiger partial charge in [-0.05, 0) is 44.2 Å². The van der Waals surface area contributed by atoms with Gasteiger partial charge < -0.3 is 15.0 Å². The van der Waals surface area contributed by atoms with Crippen LogP contribution in [0.15, 0.2) is 24.3 Å². The molecule has 0 spiro atoms. The second-order valence-corrected chi connectivity index (χ2v) is 5.70. The second kappa shape index (κ2) is 8.91. The smallest absolute Gasteiger partial charge is 0.387 e. The van der Waals surface area contributed by atoms with E-state index in [9.17, 15) is 13.6 Å². The standard InChI is InChI=1S/C16H19F2N5O2.ClH/c1-11-14(15(24)22-9-2-7-19-8-10-22)20-21-23(11)12-3-5-13(6-4-12)25-16(17)18;/h3-6,16,19H,2,7-10H2,1H3;1H. The normalized spacial score (nSPS) is 14.7. The molecule has 0 unspecified atom stereocenters. The molecule has 1 aliphatic heterocycles. The zero-order valence-corrected chi connectivity index (χ0v) is 15.0. The molecule has 10 heteroatoms. The van der Waals surface area contributed by atoms with E-state index in [1.807, 2.05) is 0 Å². The monoisotopic (exact) mass is 387 g/mol. The van der Waals surface area contributed by atoms with Gasteiger partial charge in [0.1, 0.15) is 5.75 Å². The highest BCUT2D eigenvalue weighted by Crippen LogP contribution is 2.19. The van der Waals surface area contributed by atoms with Crippen molar-refractivity contribution in [3.05, 3.63) is 35.7 Å². The lowest BCUT2D eigenvalue weighted by Gasteiger charge is -2.18. The highest BCUT2D eigenvalue weighted by molar-refractivity contribution is 5.93. The van der Waals surface area contributed by atoms with Crippen LogP contribution in [0, 0.1) is 6.92 Å². The lowest BCUT2D eigenvalue weighted by molar-refractivity contribution is -0.0498. The fraction of sp³-hybridized carbons (Fsp3) is 0.438. The molecule has 0 atom stereocenters. The Balaban J connectivity index is 0.00000243. The quantitative estimate of drug-likeness (QED) is 0.869. The molecule has 2 aromatic rings. The van der Waals surface area contributed by atoms with Crippen LogP contribution in [0.3, 0.4) is 0 Å². The Morgan fingerprint density at radius 3 is 2.65 bits per heavy atom. The molecule has 1 N–H and O–H groups in total. The highest BCUT2D eigenvalue weighted by atomic mass is 35.5. The first kappa shape index (κ1) is 20.1. The number of hydrogen-bond donors (Lipinski definition) is 1. The van der Waals surface area contributed by atoms with E-state index in [1.165, 1.54) is 16.8 Å². The Labute approximate surface area is 155 Å². The summed E-state index contributed by atoms with van der Waals surface area (Å²) in [6.45, 7) is 1.84. The van der Waals surface area contributed by atoms with Gasteiger partial charge in [-0.1, -0.05) is 5.21 Å². The fourth-order valence-electron chi connectivity index (χ4n) is 2.74. The van der Waals surface area contributed by atoms with Crippen LogP contribution in [0.2, 0.25) is 0 Å². The number of carbonyl (C=O) groups excluding carboxylic acids is 1. The summed E-state index contributed by atoms with van der Waals surface area (Å²) in [6, 6.07) is 6.02. The van der Waals surface area contributed by atoms with Crippen molar-refractivity contribution in [2.24, 2.45) is 0 Å². The molecule has 1 saturated heterocycles. The molecule has 1 aliphatic rings. The van der Waals surface area contributed by atoms with Crippen LogP contribution in [0.1, 0.15) is 22.6 Å². The zero-order chi connectivity index (χ0) is 17.8. The van der Waals surface area contributed by atoms with E-state index in [4.69, 9.17) is 0 Å². The molecule has 2 heterocycles. The van der Waals surface area contributed by atoms with Crippen LogP contribution in [0.25, 0.3) is 5.69 Å². The van der Waals surface area contributed by atoms with Crippen LogP contribution >= 0.6 is 12.4 Å². The van der Waals surface area contributed by atoms with Crippen LogP contribution in [0.5, 0.6) is 5.75 Å². The number of nitrogens with zero attached hydrogens (tertiary/aromatic N) is 4. The predicted molar refractivity (Wildman–Crippen MR) is 93.4 cm³/mol. The van der Waals surface area contributed by atoms with Gasteiger partial charge >= 0.3 is 6.61 Å². The number of nitrogens with one attached hydrogen (secondary N) is 1. The third-order valence-corrected chi connectivity index (χ3v) is 4.03. The molecule has 142 valence electrons. The number of aromatic nitrogens is 3. The van der Waals surface area contributed by atoms with Crippen molar-refractivity contribution in [1.29, 1.82) is 0 Å². The molecule has 1 aromatic heterocycles. The highest BCUT2D eigenvalue weighted by Gasteiger charge is 2.23. The van der Waals surface area contributed by atoms with Gasteiger partial charge in [0.25, 0.3) is 5.91 Å². The Morgan fingerprint density at radius 2 is 1.96 bits per heavy atom. The molecular formula is C16H20ClF2N5O2. The molecule has 1 fully saturated rings. The topological polar surface area (TPSA) is 72.3 Å². The van der Waals surface area contributed by atoms with Gasteiger partial charge in [-0.3, -0.25) is 4.79 Å². The van der Waals surface area contributed by atoms with E-state index in [-0.39, 0.29) is 24.1 Å². The Kier molecular flexibility index (Phi) is 6.87. The van der Waals surface area contributed by atoms with Crippen molar-refractivity contribution in [2.75, 3.05) is 26.2 Å². The van der Waals surface area contributed by atoms with Gasteiger partial charge in [-0.2, -0.15) is 8.78 Å². The van der Waals surface area contributed by atoms with Gasteiger partial charge in [0.05, 0.1) is 11.4 Å². The summed E-state index contributed by atoms with van der Waals surface area (Å²) in [5, 5.41) is 11.3. The summed E-state index contributed by atoms with van der Waals surface area (Å²) in [5.41, 5.74) is 1.52. The van der Waals surface area contributed by atoms with Gasteiger partial charge in [0.15, 0.2) is 5.69 Å². The summed E-state index contributed by atoms with van der Waals surface area (Å²) < 4.78 is 30.3. The molecular weight excluding hydrogens is 368 g/mol. The average molecular weight is 388 g/mol. The first-order chi connectivity index (χ1) is 12.1. The molecule has 1 amide bonds. The van der Waals surface area contributed by atoms with Crippen molar-refractivity contribution >= 4 is 18.3 Å². The Hall–Kier alpha value is -2.26. The van der Waals surface area contributed by atoms with Crippen molar-refractivity contribution in [3.63, 3.8) is 0 Å². The first-order valence-corrected chi connectivity index (χ1v) is 8.04. The Morgan fingerprint density at radius 1 is 1.23 bits per heavy atom. The summed E-state index contributed by atoms with van der Waals surface area (Å²) in [6.07, 6.45) is 0.893. The number of halogens is 3. The number of alkyl halides is 2. The zero-order valence-electron chi connectivity index (χ0n) is 14.2. The summed E-state index contributed by atoms with van der Waals surface area (Å²) >= 11 is 0. The van der Waals surface area contributed by atoms with Gasteiger partial charge in [0, 0.05) is 19.6 Å². The number of rotatable bonds is 4. The van der Waals surface area contributed by atoms with E-state index in [2.05, 4.69) is 20.4 Å². The van der Waals surface area contributed by atoms with Crippen LogP contribution < -0.4 is 10.1 Å². The lowest BCUT2D eigenvalue weighted by Crippen LogP contribution is -2.34. The second-order valence-electron chi connectivity index (χ2n) is 5.70. The first-order valence-electron chi connectivity index (χ1n) is 8.04. The average Bonchev–Trinajstić information content (AvgIpc) is 2.81. The van der Waals surface area contributed by atoms with Gasteiger partial charge in [0.2, 0.25) is 0 Å². The van der Waals surface area contributed by atoms with Crippen molar-refractivity contribution in [1.82, 2.24) is 25.2 Å². The van der Waals surface area contributed by atoms with Crippen molar-refractivity contribution in [2.45, 2.75) is 20.0 Å². The van der Waals surface area contributed by atoms with E-state index < -0.39 is 6.61 Å². The predicted octanol–water partition coefficient (Wildman–Crippen LogP) is 2.03. The lowest BCUT2D eigenvalue weighted by atomic mass is 10.2. The SMILES string of the molecule is Cc1c(C(=O)N2CCCNCC2)nnn1-c1ccc(OC(F)F)cc1.Cl. The van der Waals surface area contributed by atoms with Crippen molar-refractivity contribution in [3.8, 4) is 11.4 Å². The number of amides is 1. The fourth-order valence-corrected chi connectivity index (χ4v) is 2.74. The van der Waals surface area contributed by atoms with E-state index in [1.54, 1.807) is 24.0 Å². The molecule has 7 nitrogen and oxygen atoms in total. The number of hydrogen-bond acceptors (Lipinski definition) is 5. The van der Waals surface area contributed by atoms with Crippen molar-refractivity contribution < 1.29 is 18.3 Å². The molecule has 0 saturated carbocycles. The maximum atomic E-state index is 12.7. The van der Waals surface area contributed by atoms with E-state index >= 15 is 0 Å². The summed E-state index contributed by atoms with van der Waals surface area (Å²) in [7, 11) is 0. The molecule has 1 aromatic carbocycles. The molecule has 3 rings (SSSR count). The Bertz CT molecular complexity index is 731. The minimum absolute atomic E-state index is 0. The van der Waals surface area contributed by atoms with E-state index in [0.717, 1.165) is 19.5 Å². The number of benzene rings is 1. The third kappa shape index (κ3) is 4.47. The molecule has 0 bridgehead atoms. The molecule has 0 radical (unpaired) electrons. The van der Waals surface area contributed by atoms with Gasteiger partial charge in [-0.25, -0.2) is 4.68 Å². The third-order valence-electron chi connectivity index (χ3n) is 4.03.